The molecular formula is C14H19N3OS. The highest BCUT2D eigenvalue weighted by atomic mass is 32.2. The van der Waals surface area contributed by atoms with Gasteiger partial charge in [0.15, 0.2) is 0 Å². The summed E-state index contributed by atoms with van der Waals surface area (Å²) in [6.07, 6.45) is 1.88. The Morgan fingerprint density at radius 3 is 2.74 bits per heavy atom. The van der Waals surface area contributed by atoms with Crippen molar-refractivity contribution >= 4 is 24.1 Å². The Hall–Kier alpha value is -1.49. The van der Waals surface area contributed by atoms with Crippen LogP contribution in [-0.4, -0.2) is 21.9 Å². The van der Waals surface area contributed by atoms with Crippen LogP contribution in [0.3, 0.4) is 0 Å². The molecular weight excluding hydrogens is 258 g/mol. The molecule has 1 aliphatic rings. The Labute approximate surface area is 118 Å². The highest BCUT2D eigenvalue weighted by Gasteiger charge is 2.31. The first-order chi connectivity index (χ1) is 8.86. The monoisotopic (exact) mass is 277 g/mol. The van der Waals surface area contributed by atoms with Gasteiger partial charge in [-0.25, -0.2) is 5.43 Å². The van der Waals surface area contributed by atoms with E-state index >= 15 is 0 Å². The molecule has 1 aromatic rings. The first-order valence-electron chi connectivity index (χ1n) is 6.25. The minimum atomic E-state index is -0.136. The van der Waals surface area contributed by atoms with Crippen molar-refractivity contribution in [2.45, 2.75) is 32.9 Å². The van der Waals surface area contributed by atoms with Gasteiger partial charge in [0, 0.05) is 23.7 Å². The minimum Gasteiger partial charge on any atom is -0.267 e. The summed E-state index contributed by atoms with van der Waals surface area (Å²) in [4.78, 5) is 12.1. The number of amides is 1. The van der Waals surface area contributed by atoms with Crippen LogP contribution in [0.2, 0.25) is 0 Å². The number of hydrazine groups is 1. The standard InChI is InChI=1S/C14H19N3OS/c1-10-6-5-7-11(8-10)13(18)16-17-15-9-12(19-17)14(2,3)4/h5-9,12H,1-4H3,(H,16,18). The fourth-order valence-electron chi connectivity index (χ4n) is 1.66. The maximum Gasteiger partial charge on any atom is 0.271 e. The number of rotatable bonds is 2. The van der Waals surface area contributed by atoms with Crippen molar-refractivity contribution in [3.8, 4) is 0 Å². The van der Waals surface area contributed by atoms with Crippen molar-refractivity contribution < 1.29 is 4.79 Å². The lowest BCUT2D eigenvalue weighted by Gasteiger charge is -2.24. The van der Waals surface area contributed by atoms with Gasteiger partial charge >= 0.3 is 0 Å². The first-order valence-corrected chi connectivity index (χ1v) is 7.08. The molecule has 1 amide bonds. The smallest absolute Gasteiger partial charge is 0.267 e. The lowest BCUT2D eigenvalue weighted by Crippen LogP contribution is -2.34. The van der Waals surface area contributed by atoms with E-state index in [1.807, 2.05) is 31.3 Å². The highest BCUT2D eigenvalue weighted by Crippen LogP contribution is 2.34. The zero-order valence-corrected chi connectivity index (χ0v) is 12.5. The van der Waals surface area contributed by atoms with Crippen LogP contribution >= 0.6 is 11.9 Å². The summed E-state index contributed by atoms with van der Waals surface area (Å²) in [5.41, 5.74) is 4.62. The fourth-order valence-corrected chi connectivity index (χ4v) is 2.54. The average Bonchev–Trinajstić information content (AvgIpc) is 2.77. The van der Waals surface area contributed by atoms with Crippen LogP contribution in [0.25, 0.3) is 0 Å². The molecule has 1 N–H and O–H groups in total. The van der Waals surface area contributed by atoms with Gasteiger partial charge in [0.1, 0.15) is 0 Å². The van der Waals surface area contributed by atoms with Crippen molar-refractivity contribution in [2.75, 3.05) is 0 Å². The van der Waals surface area contributed by atoms with E-state index < -0.39 is 0 Å². The van der Waals surface area contributed by atoms with Gasteiger partial charge in [-0.2, -0.15) is 5.10 Å². The Morgan fingerprint density at radius 1 is 1.42 bits per heavy atom. The van der Waals surface area contributed by atoms with Crippen molar-refractivity contribution in [3.63, 3.8) is 0 Å². The predicted molar refractivity (Wildman–Crippen MR) is 79.8 cm³/mol. The van der Waals surface area contributed by atoms with E-state index in [4.69, 9.17) is 0 Å². The molecule has 2 rings (SSSR count). The third-order valence-corrected chi connectivity index (χ3v) is 4.29. The quantitative estimate of drug-likeness (QED) is 0.845. The lowest BCUT2D eigenvalue weighted by atomic mass is 9.92. The van der Waals surface area contributed by atoms with E-state index in [0.717, 1.165) is 5.56 Å². The Morgan fingerprint density at radius 2 is 2.16 bits per heavy atom. The summed E-state index contributed by atoms with van der Waals surface area (Å²) in [5.74, 6) is -0.136. The van der Waals surface area contributed by atoms with Crippen LogP contribution < -0.4 is 5.43 Å². The highest BCUT2D eigenvalue weighted by molar-refractivity contribution is 7.98. The lowest BCUT2D eigenvalue weighted by molar-refractivity contribution is 0.0891. The molecule has 1 atom stereocenters. The number of aryl methyl sites for hydroxylation is 1. The van der Waals surface area contributed by atoms with Gasteiger partial charge in [0.25, 0.3) is 5.91 Å². The molecule has 1 unspecified atom stereocenters. The topological polar surface area (TPSA) is 44.7 Å². The van der Waals surface area contributed by atoms with Gasteiger partial charge in [-0.3, -0.25) is 4.79 Å². The molecule has 0 bridgehead atoms. The van der Waals surface area contributed by atoms with Crippen LogP contribution in [0.15, 0.2) is 29.4 Å². The normalized spacial score (nSPS) is 18.7. The van der Waals surface area contributed by atoms with Crippen molar-refractivity contribution in [1.29, 1.82) is 0 Å². The summed E-state index contributed by atoms with van der Waals surface area (Å²) in [5, 5.41) is 4.48. The van der Waals surface area contributed by atoms with E-state index in [1.165, 1.54) is 11.9 Å². The molecule has 1 aliphatic heterocycles. The van der Waals surface area contributed by atoms with Gasteiger partial charge in [-0.05, 0) is 24.5 Å². The number of carbonyl (C=O) groups excluding carboxylic acids is 1. The van der Waals surface area contributed by atoms with Crippen molar-refractivity contribution in [1.82, 2.24) is 9.95 Å². The van der Waals surface area contributed by atoms with Crippen molar-refractivity contribution in [3.05, 3.63) is 35.4 Å². The molecule has 19 heavy (non-hydrogen) atoms. The molecule has 0 saturated heterocycles. The van der Waals surface area contributed by atoms with E-state index in [-0.39, 0.29) is 16.6 Å². The summed E-state index contributed by atoms with van der Waals surface area (Å²) in [7, 11) is 0. The SMILES string of the molecule is Cc1cccc(C(=O)NN2N=CC(C(C)(C)C)S2)c1. The molecule has 0 fully saturated rings. The second-order valence-corrected chi connectivity index (χ2v) is 6.80. The maximum atomic E-state index is 12.1. The zero-order chi connectivity index (χ0) is 14.0. The van der Waals surface area contributed by atoms with E-state index in [1.54, 1.807) is 10.6 Å². The number of hydrogen-bond acceptors (Lipinski definition) is 4. The van der Waals surface area contributed by atoms with E-state index in [9.17, 15) is 4.79 Å². The molecule has 0 spiro atoms. The Bertz CT molecular complexity index is 508. The number of hydrogen-bond donors (Lipinski definition) is 1. The fraction of sp³-hybridized carbons (Fsp3) is 0.429. The molecule has 1 heterocycles. The Kier molecular flexibility index (Phi) is 3.85. The number of nitrogens with one attached hydrogen (secondary N) is 1. The van der Waals surface area contributed by atoms with Crippen LogP contribution in [0.4, 0.5) is 0 Å². The summed E-state index contributed by atoms with van der Waals surface area (Å²) < 4.78 is 1.54. The number of hydrazone groups is 1. The number of carbonyl (C=O) groups is 1. The largest absolute Gasteiger partial charge is 0.271 e. The van der Waals surface area contributed by atoms with Gasteiger partial charge in [-0.15, -0.1) is 4.52 Å². The summed E-state index contributed by atoms with van der Waals surface area (Å²) in [6.45, 7) is 8.43. The summed E-state index contributed by atoms with van der Waals surface area (Å²) in [6, 6.07) is 7.51. The second-order valence-electron chi connectivity index (χ2n) is 5.74. The molecule has 4 nitrogen and oxygen atoms in total. The zero-order valence-electron chi connectivity index (χ0n) is 11.7. The number of benzene rings is 1. The Balaban J connectivity index is 1.97. The molecule has 0 saturated carbocycles. The predicted octanol–water partition coefficient (Wildman–Crippen LogP) is 3.00. The van der Waals surface area contributed by atoms with Crippen LogP contribution in [0.1, 0.15) is 36.7 Å². The van der Waals surface area contributed by atoms with Gasteiger partial charge in [0.2, 0.25) is 0 Å². The van der Waals surface area contributed by atoms with Crippen LogP contribution in [-0.2, 0) is 0 Å². The van der Waals surface area contributed by atoms with Gasteiger partial charge < -0.3 is 0 Å². The summed E-state index contributed by atoms with van der Waals surface area (Å²) >= 11 is 1.52. The van der Waals surface area contributed by atoms with Crippen LogP contribution in [0.5, 0.6) is 0 Å². The third-order valence-electron chi connectivity index (χ3n) is 2.85. The van der Waals surface area contributed by atoms with Crippen molar-refractivity contribution in [2.24, 2.45) is 10.5 Å². The van der Waals surface area contributed by atoms with E-state index in [0.29, 0.717) is 5.56 Å². The minimum absolute atomic E-state index is 0.122. The molecule has 1 aromatic carbocycles. The third kappa shape index (κ3) is 3.50. The van der Waals surface area contributed by atoms with E-state index in [2.05, 4.69) is 31.3 Å². The first kappa shape index (κ1) is 13.9. The molecule has 0 radical (unpaired) electrons. The number of nitrogens with zero attached hydrogens (tertiary/aromatic N) is 2. The van der Waals surface area contributed by atoms with Gasteiger partial charge in [0.05, 0.1) is 5.25 Å². The van der Waals surface area contributed by atoms with Gasteiger partial charge in [-0.1, -0.05) is 38.5 Å². The maximum absolute atomic E-state index is 12.1. The molecule has 0 aliphatic carbocycles. The second kappa shape index (κ2) is 5.25. The molecule has 102 valence electrons. The van der Waals surface area contributed by atoms with Crippen LogP contribution in [0, 0.1) is 12.3 Å². The molecule has 0 aromatic heterocycles. The molecule has 5 heteroatoms. The average molecular weight is 277 g/mol.